The van der Waals surface area contributed by atoms with Crippen LogP contribution in [0.3, 0.4) is 0 Å². The lowest BCUT2D eigenvalue weighted by atomic mass is 9.81. The summed E-state index contributed by atoms with van der Waals surface area (Å²) in [6, 6.07) is 11.5. The first-order valence-corrected chi connectivity index (χ1v) is 16.0. The summed E-state index contributed by atoms with van der Waals surface area (Å²) >= 11 is 0. The number of amides is 2. The highest BCUT2D eigenvalue weighted by Crippen LogP contribution is 2.40. The minimum absolute atomic E-state index is 0.0406. The molecule has 234 valence electrons. The average Bonchev–Trinajstić information content (AvgIpc) is 3.74. The number of ether oxygens (including phenoxy) is 1. The molecule has 3 N–H and O–H groups in total. The van der Waals surface area contributed by atoms with Gasteiger partial charge in [0.1, 0.15) is 23.5 Å². The standard InChI is InChI=1S/C34H45F2N3O4/c1-2-3-9-14-39-21-28(31(34(39)42)23-10-7-8-11-23)33(41)38-30(17-22-15-24(35)18-25(36)16-22)32(40)29-19-27(20-37-29)43-26-12-5-4-6-13-26/h4-6,12-13,15-16,18,23,27-32,37,40H,2-3,7-11,14,17,19-21H2,1H3,(H,38,41)/t27-,28?,29-,30+,31?,32-/m1/s1. The molecular weight excluding hydrogens is 552 g/mol. The minimum atomic E-state index is -1.05. The quantitative estimate of drug-likeness (QED) is 0.293. The summed E-state index contributed by atoms with van der Waals surface area (Å²) in [5.74, 6) is -1.64. The molecule has 5 rings (SSSR count). The Hall–Kier alpha value is -3.04. The van der Waals surface area contributed by atoms with Crippen molar-refractivity contribution in [2.75, 3.05) is 19.6 Å². The van der Waals surface area contributed by atoms with Gasteiger partial charge in [0.2, 0.25) is 11.8 Å². The van der Waals surface area contributed by atoms with E-state index in [2.05, 4.69) is 17.6 Å². The Balaban J connectivity index is 1.33. The fourth-order valence-corrected chi connectivity index (χ4v) is 7.25. The van der Waals surface area contributed by atoms with Crippen LogP contribution in [-0.2, 0) is 16.0 Å². The molecule has 0 bridgehead atoms. The minimum Gasteiger partial charge on any atom is -0.489 e. The molecule has 0 radical (unpaired) electrons. The fraction of sp³-hybridized carbons (Fsp3) is 0.588. The van der Waals surface area contributed by atoms with Gasteiger partial charge in [0, 0.05) is 38.2 Å². The van der Waals surface area contributed by atoms with Crippen molar-refractivity contribution in [2.45, 2.75) is 89.0 Å². The number of unbranched alkanes of at least 4 members (excludes halogenated alkanes) is 2. The van der Waals surface area contributed by atoms with Crippen molar-refractivity contribution in [1.29, 1.82) is 0 Å². The summed E-state index contributed by atoms with van der Waals surface area (Å²) in [5, 5.41) is 18.0. The van der Waals surface area contributed by atoms with E-state index in [-0.39, 0.29) is 36.2 Å². The Morgan fingerprint density at radius 1 is 1.12 bits per heavy atom. The molecule has 6 atom stereocenters. The molecular formula is C34H45F2N3O4. The molecule has 7 nitrogen and oxygen atoms in total. The molecule has 9 heteroatoms. The highest BCUT2D eigenvalue weighted by atomic mass is 19.1. The molecule has 3 fully saturated rings. The van der Waals surface area contributed by atoms with Gasteiger partial charge in [0.05, 0.1) is 24.0 Å². The van der Waals surface area contributed by atoms with Gasteiger partial charge in [-0.15, -0.1) is 0 Å². The van der Waals surface area contributed by atoms with E-state index < -0.39 is 35.7 Å². The lowest BCUT2D eigenvalue weighted by molar-refractivity contribution is -0.135. The van der Waals surface area contributed by atoms with Gasteiger partial charge in [-0.3, -0.25) is 9.59 Å². The molecule has 1 aliphatic carbocycles. The third-order valence-electron chi connectivity index (χ3n) is 9.42. The number of carbonyl (C=O) groups excluding carboxylic acids is 2. The van der Waals surface area contributed by atoms with E-state index in [1.54, 1.807) is 0 Å². The fourth-order valence-electron chi connectivity index (χ4n) is 7.25. The first-order valence-electron chi connectivity index (χ1n) is 16.0. The van der Waals surface area contributed by atoms with E-state index in [0.29, 0.717) is 31.6 Å². The van der Waals surface area contributed by atoms with Crippen molar-refractivity contribution in [3.8, 4) is 5.75 Å². The van der Waals surface area contributed by atoms with Crippen molar-refractivity contribution in [3.05, 3.63) is 65.7 Å². The molecule has 0 spiro atoms. The van der Waals surface area contributed by atoms with Gasteiger partial charge in [-0.05, 0) is 61.4 Å². The maximum Gasteiger partial charge on any atom is 0.226 e. The lowest BCUT2D eigenvalue weighted by Crippen LogP contribution is -2.54. The number of para-hydroxylation sites is 1. The third kappa shape index (κ3) is 7.92. The van der Waals surface area contributed by atoms with Crippen LogP contribution >= 0.6 is 0 Å². The van der Waals surface area contributed by atoms with Gasteiger partial charge < -0.3 is 25.4 Å². The van der Waals surface area contributed by atoms with Crippen LogP contribution < -0.4 is 15.4 Å². The summed E-state index contributed by atoms with van der Waals surface area (Å²) in [5.41, 5.74) is 0.341. The zero-order valence-electron chi connectivity index (χ0n) is 25.0. The number of halogens is 2. The summed E-state index contributed by atoms with van der Waals surface area (Å²) in [6.07, 6.45) is 6.27. The average molecular weight is 598 g/mol. The van der Waals surface area contributed by atoms with E-state index in [0.717, 1.165) is 56.8 Å². The molecule has 2 aromatic carbocycles. The molecule has 1 saturated carbocycles. The Morgan fingerprint density at radius 3 is 2.53 bits per heavy atom. The molecule has 0 aromatic heterocycles. The van der Waals surface area contributed by atoms with Crippen LogP contribution in [-0.4, -0.2) is 65.7 Å². The van der Waals surface area contributed by atoms with E-state index in [9.17, 15) is 23.5 Å². The molecule has 3 aliphatic rings. The summed E-state index contributed by atoms with van der Waals surface area (Å²) < 4.78 is 34.3. The Bertz CT molecular complexity index is 1210. The number of hydrogen-bond donors (Lipinski definition) is 3. The second kappa shape index (κ2) is 14.6. The first-order chi connectivity index (χ1) is 20.8. The van der Waals surface area contributed by atoms with Gasteiger partial charge in [0.25, 0.3) is 0 Å². The number of aliphatic hydroxyl groups excluding tert-OH is 1. The van der Waals surface area contributed by atoms with Crippen LogP contribution in [0, 0.1) is 29.4 Å². The zero-order chi connectivity index (χ0) is 30.3. The van der Waals surface area contributed by atoms with Crippen molar-refractivity contribution < 1.29 is 28.2 Å². The van der Waals surface area contributed by atoms with Crippen molar-refractivity contribution in [3.63, 3.8) is 0 Å². The molecule has 2 aliphatic heterocycles. The van der Waals surface area contributed by atoms with Gasteiger partial charge >= 0.3 is 0 Å². The predicted molar refractivity (Wildman–Crippen MR) is 160 cm³/mol. The topological polar surface area (TPSA) is 90.9 Å². The van der Waals surface area contributed by atoms with E-state index in [1.807, 2.05) is 35.2 Å². The third-order valence-corrected chi connectivity index (χ3v) is 9.42. The highest BCUT2D eigenvalue weighted by molar-refractivity contribution is 5.91. The number of nitrogens with zero attached hydrogens (tertiary/aromatic N) is 1. The Kier molecular flexibility index (Phi) is 10.7. The van der Waals surface area contributed by atoms with Gasteiger partial charge in [0.15, 0.2) is 0 Å². The second-order valence-corrected chi connectivity index (χ2v) is 12.6. The highest BCUT2D eigenvalue weighted by Gasteiger charge is 2.49. The van der Waals surface area contributed by atoms with Crippen LogP contribution in [0.15, 0.2) is 48.5 Å². The Labute approximate surface area is 253 Å². The monoisotopic (exact) mass is 597 g/mol. The number of nitrogens with one attached hydrogen (secondary N) is 2. The Morgan fingerprint density at radius 2 is 1.84 bits per heavy atom. The van der Waals surface area contributed by atoms with Gasteiger partial charge in [-0.1, -0.05) is 50.8 Å². The largest absolute Gasteiger partial charge is 0.489 e. The second-order valence-electron chi connectivity index (χ2n) is 12.6. The van der Waals surface area contributed by atoms with Crippen molar-refractivity contribution in [1.82, 2.24) is 15.5 Å². The number of aliphatic hydroxyl groups is 1. The number of hydrogen-bond acceptors (Lipinski definition) is 5. The van der Waals surface area contributed by atoms with Crippen LogP contribution in [0.25, 0.3) is 0 Å². The maximum absolute atomic E-state index is 14.1. The predicted octanol–water partition coefficient (Wildman–Crippen LogP) is 4.62. The van der Waals surface area contributed by atoms with Crippen LogP contribution in [0.5, 0.6) is 5.75 Å². The number of benzene rings is 2. The van der Waals surface area contributed by atoms with E-state index in [4.69, 9.17) is 4.74 Å². The first kappa shape index (κ1) is 31.4. The van der Waals surface area contributed by atoms with Crippen molar-refractivity contribution >= 4 is 11.8 Å². The molecule has 2 heterocycles. The molecule has 2 unspecified atom stereocenters. The number of rotatable bonds is 13. The van der Waals surface area contributed by atoms with Crippen molar-refractivity contribution in [2.24, 2.45) is 17.8 Å². The zero-order valence-corrected chi connectivity index (χ0v) is 25.0. The molecule has 2 amide bonds. The summed E-state index contributed by atoms with van der Waals surface area (Å²) in [7, 11) is 0. The van der Waals surface area contributed by atoms with Gasteiger partial charge in [-0.2, -0.15) is 0 Å². The molecule has 2 aromatic rings. The summed E-state index contributed by atoms with van der Waals surface area (Å²) in [6.45, 7) is 3.64. The van der Waals surface area contributed by atoms with Crippen LogP contribution in [0.4, 0.5) is 8.78 Å². The number of likely N-dealkylation sites (tertiary alicyclic amines) is 1. The SMILES string of the molecule is CCCCCN1CC(C(=O)N[C@@H](Cc2cc(F)cc(F)c2)[C@H](O)[C@H]2C[C@@H](Oc3ccccc3)CN2)C(C2CCCC2)C1=O. The van der Waals surface area contributed by atoms with E-state index >= 15 is 0 Å². The maximum atomic E-state index is 14.1. The number of carbonyl (C=O) groups is 2. The van der Waals surface area contributed by atoms with E-state index in [1.165, 1.54) is 12.1 Å². The normalized spacial score (nSPS) is 25.7. The van der Waals surface area contributed by atoms with Crippen LogP contribution in [0.1, 0.15) is 63.9 Å². The molecule has 43 heavy (non-hydrogen) atoms. The molecule has 2 saturated heterocycles. The van der Waals surface area contributed by atoms with Crippen LogP contribution in [0.2, 0.25) is 0 Å². The summed E-state index contributed by atoms with van der Waals surface area (Å²) in [4.78, 5) is 29.4. The van der Waals surface area contributed by atoms with Gasteiger partial charge in [-0.25, -0.2) is 8.78 Å². The lowest BCUT2D eigenvalue weighted by Gasteiger charge is -2.31. The smallest absolute Gasteiger partial charge is 0.226 e.